The standard InChI is InChI=1S/C16H23N/c1-16(2,3)15-11-10-13-9-8-12-6-4-5-7-14(12)17(13)15/h4-7,13,15H,8-11H2,1-3H3/t13-,15-/m0/s1. The molecule has 1 heteroatoms. The van der Waals surface area contributed by atoms with E-state index in [1.54, 1.807) is 5.56 Å². The van der Waals surface area contributed by atoms with Crippen LogP contribution in [-0.2, 0) is 6.42 Å². The van der Waals surface area contributed by atoms with E-state index < -0.39 is 0 Å². The number of rotatable bonds is 0. The van der Waals surface area contributed by atoms with Crippen molar-refractivity contribution < 1.29 is 0 Å². The quantitative estimate of drug-likeness (QED) is 0.649. The Bertz CT molecular complexity index is 416. The molecule has 0 aliphatic carbocycles. The summed E-state index contributed by atoms with van der Waals surface area (Å²) < 4.78 is 0. The van der Waals surface area contributed by atoms with Gasteiger partial charge in [-0.1, -0.05) is 39.0 Å². The monoisotopic (exact) mass is 229 g/mol. The van der Waals surface area contributed by atoms with Crippen LogP contribution in [0.4, 0.5) is 5.69 Å². The minimum Gasteiger partial charge on any atom is -0.365 e. The summed E-state index contributed by atoms with van der Waals surface area (Å²) in [7, 11) is 0. The van der Waals surface area contributed by atoms with Gasteiger partial charge < -0.3 is 4.90 Å². The lowest BCUT2D eigenvalue weighted by atomic mass is 9.84. The molecule has 1 fully saturated rings. The first kappa shape index (κ1) is 11.1. The summed E-state index contributed by atoms with van der Waals surface area (Å²) in [6, 6.07) is 10.5. The Morgan fingerprint density at radius 2 is 1.82 bits per heavy atom. The van der Waals surface area contributed by atoms with E-state index in [4.69, 9.17) is 0 Å². The average molecular weight is 229 g/mol. The highest BCUT2D eigenvalue weighted by Crippen LogP contribution is 2.44. The van der Waals surface area contributed by atoms with E-state index in [1.165, 1.54) is 31.4 Å². The van der Waals surface area contributed by atoms with Crippen molar-refractivity contribution in [1.29, 1.82) is 0 Å². The fourth-order valence-corrected chi connectivity index (χ4v) is 3.68. The lowest BCUT2D eigenvalue weighted by Gasteiger charge is -2.43. The first-order chi connectivity index (χ1) is 8.07. The van der Waals surface area contributed by atoms with Gasteiger partial charge in [-0.3, -0.25) is 0 Å². The van der Waals surface area contributed by atoms with Crippen LogP contribution in [0.15, 0.2) is 24.3 Å². The summed E-state index contributed by atoms with van der Waals surface area (Å²) in [6.45, 7) is 7.16. The topological polar surface area (TPSA) is 3.24 Å². The van der Waals surface area contributed by atoms with Crippen LogP contribution in [0, 0.1) is 5.41 Å². The predicted octanol–water partition coefficient (Wildman–Crippen LogP) is 4.02. The van der Waals surface area contributed by atoms with Gasteiger partial charge in [-0.05, 0) is 42.7 Å². The number of fused-ring (bicyclic) bond motifs is 3. The summed E-state index contributed by atoms with van der Waals surface area (Å²) in [6.07, 6.45) is 5.37. The Hall–Kier alpha value is -0.980. The second-order valence-electron chi connectivity index (χ2n) is 6.69. The molecule has 1 nitrogen and oxygen atoms in total. The maximum atomic E-state index is 2.73. The van der Waals surface area contributed by atoms with Crippen molar-refractivity contribution in [3.63, 3.8) is 0 Å². The highest BCUT2D eigenvalue weighted by atomic mass is 15.2. The van der Waals surface area contributed by atoms with Crippen LogP contribution in [0.3, 0.4) is 0 Å². The molecule has 0 spiro atoms. The molecule has 1 aromatic rings. The van der Waals surface area contributed by atoms with Gasteiger partial charge in [0.05, 0.1) is 0 Å². The van der Waals surface area contributed by atoms with Crippen LogP contribution < -0.4 is 4.90 Å². The smallest absolute Gasteiger partial charge is 0.0403 e. The molecule has 2 atom stereocenters. The van der Waals surface area contributed by atoms with E-state index in [9.17, 15) is 0 Å². The Balaban J connectivity index is 2.02. The molecule has 2 heterocycles. The van der Waals surface area contributed by atoms with Crippen molar-refractivity contribution in [2.24, 2.45) is 5.41 Å². The molecule has 1 aromatic carbocycles. The van der Waals surface area contributed by atoms with Crippen LogP contribution >= 0.6 is 0 Å². The van der Waals surface area contributed by atoms with Crippen LogP contribution in [0.2, 0.25) is 0 Å². The first-order valence-corrected chi connectivity index (χ1v) is 6.93. The number of para-hydroxylation sites is 1. The minimum absolute atomic E-state index is 0.388. The lowest BCUT2D eigenvalue weighted by Crippen LogP contribution is -2.45. The van der Waals surface area contributed by atoms with Gasteiger partial charge in [-0.25, -0.2) is 0 Å². The zero-order valence-corrected chi connectivity index (χ0v) is 11.2. The van der Waals surface area contributed by atoms with Gasteiger partial charge in [-0.15, -0.1) is 0 Å². The van der Waals surface area contributed by atoms with Gasteiger partial charge in [0.25, 0.3) is 0 Å². The van der Waals surface area contributed by atoms with Crippen molar-refractivity contribution in [2.75, 3.05) is 4.90 Å². The maximum absolute atomic E-state index is 2.73. The van der Waals surface area contributed by atoms with E-state index >= 15 is 0 Å². The van der Waals surface area contributed by atoms with Gasteiger partial charge in [0.15, 0.2) is 0 Å². The highest BCUT2D eigenvalue weighted by molar-refractivity contribution is 5.58. The Labute approximate surface area is 105 Å². The lowest BCUT2D eigenvalue weighted by molar-refractivity contribution is 0.314. The molecular weight excluding hydrogens is 206 g/mol. The predicted molar refractivity (Wildman–Crippen MR) is 73.5 cm³/mol. The number of hydrogen-bond acceptors (Lipinski definition) is 1. The molecule has 0 bridgehead atoms. The molecule has 0 aromatic heterocycles. The molecule has 0 saturated carbocycles. The van der Waals surface area contributed by atoms with Gasteiger partial charge in [-0.2, -0.15) is 0 Å². The van der Waals surface area contributed by atoms with Crippen molar-refractivity contribution >= 4 is 5.69 Å². The maximum Gasteiger partial charge on any atom is 0.0403 e. The summed E-state index contributed by atoms with van der Waals surface area (Å²) in [4.78, 5) is 2.73. The third-order valence-electron chi connectivity index (χ3n) is 4.52. The van der Waals surface area contributed by atoms with E-state index in [1.807, 2.05) is 0 Å². The third kappa shape index (κ3) is 1.76. The van der Waals surface area contributed by atoms with Gasteiger partial charge in [0, 0.05) is 17.8 Å². The number of nitrogens with zero attached hydrogens (tertiary/aromatic N) is 1. The zero-order chi connectivity index (χ0) is 12.0. The van der Waals surface area contributed by atoms with Crippen LogP contribution in [0.5, 0.6) is 0 Å². The van der Waals surface area contributed by atoms with Crippen molar-refractivity contribution in [3.05, 3.63) is 29.8 Å². The number of anilines is 1. The van der Waals surface area contributed by atoms with Crippen LogP contribution in [0.1, 0.15) is 45.6 Å². The second kappa shape index (κ2) is 3.76. The molecule has 1 saturated heterocycles. The minimum atomic E-state index is 0.388. The molecule has 17 heavy (non-hydrogen) atoms. The molecule has 0 N–H and O–H groups in total. The molecule has 2 aliphatic heterocycles. The highest BCUT2D eigenvalue weighted by Gasteiger charge is 2.41. The molecule has 3 rings (SSSR count). The summed E-state index contributed by atoms with van der Waals surface area (Å²) in [5.74, 6) is 0. The molecular formula is C16H23N. The number of aryl methyl sites for hydroxylation is 1. The SMILES string of the molecule is CC(C)(C)[C@@H]1CC[C@@H]2CCc3ccccc3N21. The average Bonchev–Trinajstić information content (AvgIpc) is 2.72. The Morgan fingerprint density at radius 1 is 1.06 bits per heavy atom. The molecule has 0 amide bonds. The van der Waals surface area contributed by atoms with Crippen molar-refractivity contribution in [1.82, 2.24) is 0 Å². The van der Waals surface area contributed by atoms with E-state index in [-0.39, 0.29) is 0 Å². The van der Waals surface area contributed by atoms with Gasteiger partial charge >= 0.3 is 0 Å². The van der Waals surface area contributed by atoms with E-state index in [2.05, 4.69) is 49.9 Å². The fourth-order valence-electron chi connectivity index (χ4n) is 3.68. The Kier molecular flexibility index (Phi) is 2.46. The van der Waals surface area contributed by atoms with E-state index in [0.717, 1.165) is 6.04 Å². The van der Waals surface area contributed by atoms with Gasteiger partial charge in [0.2, 0.25) is 0 Å². The molecule has 92 valence electrons. The number of benzene rings is 1. The largest absolute Gasteiger partial charge is 0.365 e. The Morgan fingerprint density at radius 3 is 2.59 bits per heavy atom. The second-order valence-corrected chi connectivity index (χ2v) is 6.69. The summed E-state index contributed by atoms with van der Waals surface area (Å²) in [5.41, 5.74) is 3.46. The molecule has 0 unspecified atom stereocenters. The zero-order valence-electron chi connectivity index (χ0n) is 11.2. The van der Waals surface area contributed by atoms with Crippen LogP contribution in [-0.4, -0.2) is 12.1 Å². The van der Waals surface area contributed by atoms with Crippen molar-refractivity contribution in [3.8, 4) is 0 Å². The van der Waals surface area contributed by atoms with Crippen LogP contribution in [0.25, 0.3) is 0 Å². The molecule has 2 aliphatic rings. The molecule has 0 radical (unpaired) electrons. The summed E-state index contributed by atoms with van der Waals surface area (Å²) >= 11 is 0. The van der Waals surface area contributed by atoms with E-state index in [0.29, 0.717) is 11.5 Å². The number of hydrogen-bond donors (Lipinski definition) is 0. The van der Waals surface area contributed by atoms with Gasteiger partial charge in [0.1, 0.15) is 0 Å². The first-order valence-electron chi connectivity index (χ1n) is 6.93. The summed E-state index contributed by atoms with van der Waals surface area (Å²) in [5, 5.41) is 0. The fraction of sp³-hybridized carbons (Fsp3) is 0.625. The van der Waals surface area contributed by atoms with Crippen molar-refractivity contribution in [2.45, 2.75) is 58.5 Å². The third-order valence-corrected chi connectivity index (χ3v) is 4.52. The normalized spacial score (nSPS) is 27.8.